The molecule has 1 unspecified atom stereocenters. The van der Waals surface area contributed by atoms with Crippen LogP contribution in [0.1, 0.15) is 51.6 Å². The summed E-state index contributed by atoms with van der Waals surface area (Å²) in [6, 6.07) is 3.31. The molecule has 2 heterocycles. The first-order chi connectivity index (χ1) is 9.97. The number of carbonyl (C=O) groups is 2. The molecule has 1 aromatic heterocycles. The Bertz CT molecular complexity index is 531. The summed E-state index contributed by atoms with van der Waals surface area (Å²) in [4.78, 5) is 27.0. The minimum atomic E-state index is -0.773. The molecule has 0 aromatic carbocycles. The van der Waals surface area contributed by atoms with Crippen LogP contribution in [0, 0.1) is 6.92 Å². The van der Waals surface area contributed by atoms with Crippen LogP contribution in [0.25, 0.3) is 0 Å². The topological polar surface area (TPSA) is 62.6 Å². The number of hydrogen-bond acceptors (Lipinski definition) is 3. The van der Waals surface area contributed by atoms with Crippen molar-refractivity contribution in [2.45, 2.75) is 65.1 Å². The first-order valence-corrected chi connectivity index (χ1v) is 7.65. The van der Waals surface area contributed by atoms with Gasteiger partial charge in [0.1, 0.15) is 23.1 Å². The second kappa shape index (κ2) is 5.92. The molecule has 1 aliphatic rings. The maximum absolute atomic E-state index is 12.9. The number of nitrogens with one attached hydrogen (secondary N) is 1. The van der Waals surface area contributed by atoms with Gasteiger partial charge in [-0.2, -0.15) is 0 Å². The summed E-state index contributed by atoms with van der Waals surface area (Å²) in [5, 5.41) is 2.94. The van der Waals surface area contributed by atoms with Gasteiger partial charge in [-0.1, -0.05) is 20.8 Å². The molecule has 2 rings (SSSR count). The van der Waals surface area contributed by atoms with Gasteiger partial charge in [0.15, 0.2) is 0 Å². The Morgan fingerprint density at radius 1 is 1.24 bits per heavy atom. The first kappa shape index (κ1) is 15.6. The molecule has 1 aliphatic heterocycles. The molecule has 0 bridgehead atoms. The fraction of sp³-hybridized carbons (Fsp3) is 0.625. The first-order valence-electron chi connectivity index (χ1n) is 7.65. The van der Waals surface area contributed by atoms with E-state index in [-0.39, 0.29) is 11.8 Å². The number of rotatable bonds is 5. The molecule has 1 aromatic rings. The third kappa shape index (κ3) is 2.69. The molecule has 2 amide bonds. The SMILES string of the molecule is CCC1C(=O)NC(CC)(CC)C(=O)N1Cc1ccc(C)o1. The van der Waals surface area contributed by atoms with Gasteiger partial charge in [0, 0.05) is 0 Å². The van der Waals surface area contributed by atoms with Gasteiger partial charge in [-0.15, -0.1) is 0 Å². The molecule has 1 N–H and O–H groups in total. The smallest absolute Gasteiger partial charge is 0.249 e. The molecule has 0 saturated carbocycles. The van der Waals surface area contributed by atoms with Gasteiger partial charge in [-0.05, 0) is 38.3 Å². The molecule has 1 fully saturated rings. The van der Waals surface area contributed by atoms with Gasteiger partial charge in [0.2, 0.25) is 11.8 Å². The van der Waals surface area contributed by atoms with E-state index in [1.165, 1.54) is 0 Å². The Morgan fingerprint density at radius 3 is 2.38 bits per heavy atom. The van der Waals surface area contributed by atoms with Crippen molar-refractivity contribution in [3.8, 4) is 0 Å². The average molecular weight is 292 g/mol. The highest BCUT2D eigenvalue weighted by atomic mass is 16.3. The van der Waals surface area contributed by atoms with Crippen molar-refractivity contribution in [1.82, 2.24) is 10.2 Å². The Labute approximate surface area is 125 Å². The lowest BCUT2D eigenvalue weighted by atomic mass is 9.86. The van der Waals surface area contributed by atoms with Crippen LogP contribution in [0.3, 0.4) is 0 Å². The van der Waals surface area contributed by atoms with Crippen LogP contribution >= 0.6 is 0 Å². The zero-order chi connectivity index (χ0) is 15.6. The predicted molar refractivity (Wildman–Crippen MR) is 79.5 cm³/mol. The van der Waals surface area contributed by atoms with Crippen molar-refractivity contribution in [2.24, 2.45) is 0 Å². The lowest BCUT2D eigenvalue weighted by molar-refractivity contribution is -0.156. The Morgan fingerprint density at radius 2 is 1.90 bits per heavy atom. The standard InChI is InChI=1S/C16H24N2O3/c1-5-13-14(19)17-16(6-2,7-3)15(20)18(13)10-12-9-8-11(4)21-12/h8-9,13H,5-7,10H2,1-4H3,(H,17,19). The highest BCUT2D eigenvalue weighted by Gasteiger charge is 2.48. The molecular formula is C16H24N2O3. The van der Waals surface area contributed by atoms with E-state index in [1.54, 1.807) is 4.90 Å². The van der Waals surface area contributed by atoms with Crippen molar-refractivity contribution >= 4 is 11.8 Å². The van der Waals surface area contributed by atoms with Crippen molar-refractivity contribution in [3.63, 3.8) is 0 Å². The van der Waals surface area contributed by atoms with Crippen LogP contribution in [0.4, 0.5) is 0 Å². The number of carbonyl (C=O) groups excluding carboxylic acids is 2. The van der Waals surface area contributed by atoms with E-state index in [4.69, 9.17) is 4.42 Å². The van der Waals surface area contributed by atoms with Crippen LogP contribution in [0.2, 0.25) is 0 Å². The number of piperazine rings is 1. The lowest BCUT2D eigenvalue weighted by Crippen LogP contribution is -2.69. The number of furan rings is 1. The normalized spacial score (nSPS) is 21.5. The molecule has 116 valence electrons. The average Bonchev–Trinajstić information content (AvgIpc) is 2.88. The fourth-order valence-electron chi connectivity index (χ4n) is 2.99. The van der Waals surface area contributed by atoms with Gasteiger partial charge >= 0.3 is 0 Å². The van der Waals surface area contributed by atoms with Gasteiger partial charge in [-0.25, -0.2) is 0 Å². The molecule has 21 heavy (non-hydrogen) atoms. The Hall–Kier alpha value is -1.78. The molecule has 5 heteroatoms. The third-order valence-electron chi connectivity index (χ3n) is 4.43. The molecule has 0 radical (unpaired) electrons. The minimum absolute atomic E-state index is 0.00648. The molecule has 1 saturated heterocycles. The molecule has 5 nitrogen and oxygen atoms in total. The molecule has 0 spiro atoms. The van der Waals surface area contributed by atoms with Crippen molar-refractivity contribution in [2.75, 3.05) is 0 Å². The summed E-state index contributed by atoms with van der Waals surface area (Å²) in [6.07, 6.45) is 1.79. The van der Waals surface area contributed by atoms with Crippen molar-refractivity contribution in [1.29, 1.82) is 0 Å². The quantitative estimate of drug-likeness (QED) is 0.906. The Kier molecular flexibility index (Phi) is 4.40. The van der Waals surface area contributed by atoms with E-state index in [9.17, 15) is 9.59 Å². The highest BCUT2D eigenvalue weighted by molar-refractivity contribution is 5.99. The summed E-state index contributed by atoms with van der Waals surface area (Å²) in [5.74, 6) is 1.45. The zero-order valence-corrected chi connectivity index (χ0v) is 13.2. The van der Waals surface area contributed by atoms with E-state index in [0.29, 0.717) is 25.8 Å². The lowest BCUT2D eigenvalue weighted by Gasteiger charge is -2.45. The highest BCUT2D eigenvalue weighted by Crippen LogP contribution is 2.27. The molecule has 1 atom stereocenters. The largest absolute Gasteiger partial charge is 0.464 e. The fourth-order valence-corrected chi connectivity index (χ4v) is 2.99. The van der Waals surface area contributed by atoms with Crippen molar-refractivity contribution in [3.05, 3.63) is 23.7 Å². The van der Waals surface area contributed by atoms with Crippen LogP contribution in [0.15, 0.2) is 16.5 Å². The zero-order valence-electron chi connectivity index (χ0n) is 13.2. The third-order valence-corrected chi connectivity index (χ3v) is 4.43. The maximum atomic E-state index is 12.9. The predicted octanol–water partition coefficient (Wildman–Crippen LogP) is 2.38. The van der Waals surface area contributed by atoms with Crippen LogP contribution < -0.4 is 5.32 Å². The summed E-state index contributed by atoms with van der Waals surface area (Å²) in [5.41, 5.74) is -0.773. The van der Waals surface area contributed by atoms with Gasteiger partial charge in [-0.3, -0.25) is 9.59 Å². The van der Waals surface area contributed by atoms with Crippen LogP contribution in [-0.4, -0.2) is 28.3 Å². The summed E-state index contributed by atoms with van der Waals surface area (Å²) in [7, 11) is 0. The van der Waals surface area contributed by atoms with Crippen LogP contribution in [-0.2, 0) is 16.1 Å². The van der Waals surface area contributed by atoms with E-state index in [1.807, 2.05) is 39.8 Å². The summed E-state index contributed by atoms with van der Waals surface area (Å²) < 4.78 is 5.57. The van der Waals surface area contributed by atoms with E-state index < -0.39 is 11.6 Å². The maximum Gasteiger partial charge on any atom is 0.249 e. The minimum Gasteiger partial charge on any atom is -0.464 e. The van der Waals surface area contributed by atoms with Gasteiger partial charge in [0.25, 0.3) is 0 Å². The van der Waals surface area contributed by atoms with E-state index >= 15 is 0 Å². The van der Waals surface area contributed by atoms with Crippen molar-refractivity contribution < 1.29 is 14.0 Å². The number of amides is 2. The molecule has 0 aliphatic carbocycles. The van der Waals surface area contributed by atoms with E-state index in [2.05, 4.69) is 5.32 Å². The summed E-state index contributed by atoms with van der Waals surface area (Å²) in [6.45, 7) is 8.00. The number of nitrogens with zero attached hydrogens (tertiary/aromatic N) is 1. The number of hydrogen-bond donors (Lipinski definition) is 1. The van der Waals surface area contributed by atoms with Crippen LogP contribution in [0.5, 0.6) is 0 Å². The number of aryl methyl sites for hydroxylation is 1. The Balaban J connectivity index is 2.32. The second-order valence-corrected chi connectivity index (χ2v) is 5.65. The van der Waals surface area contributed by atoms with E-state index in [0.717, 1.165) is 11.5 Å². The van der Waals surface area contributed by atoms with Gasteiger partial charge < -0.3 is 14.6 Å². The second-order valence-electron chi connectivity index (χ2n) is 5.65. The van der Waals surface area contributed by atoms with Gasteiger partial charge in [0.05, 0.1) is 6.54 Å². The summed E-state index contributed by atoms with van der Waals surface area (Å²) >= 11 is 0. The monoisotopic (exact) mass is 292 g/mol. The molecular weight excluding hydrogens is 268 g/mol.